The summed E-state index contributed by atoms with van der Waals surface area (Å²) in [5, 5.41) is 7.20. The first kappa shape index (κ1) is 23.7. The van der Waals surface area contributed by atoms with E-state index in [2.05, 4.69) is 10.6 Å². The number of nitrogens with zero attached hydrogens (tertiary/aromatic N) is 2. The molecule has 1 saturated heterocycles. The van der Waals surface area contributed by atoms with Gasteiger partial charge in [-0.15, -0.1) is 0 Å². The van der Waals surface area contributed by atoms with Crippen LogP contribution in [0.5, 0.6) is 5.75 Å². The minimum Gasteiger partial charge on any atom is -0.497 e. The lowest BCUT2D eigenvalue weighted by molar-refractivity contribution is -0.133. The number of carbonyl (C=O) groups excluding carboxylic acids is 4. The molecule has 1 atom stereocenters. The zero-order valence-corrected chi connectivity index (χ0v) is 19.9. The molecule has 3 aromatic rings. The van der Waals surface area contributed by atoms with E-state index in [9.17, 15) is 19.2 Å². The number of amides is 5. The van der Waals surface area contributed by atoms with E-state index in [0.29, 0.717) is 16.8 Å². The minimum absolute atomic E-state index is 0.158. The summed E-state index contributed by atoms with van der Waals surface area (Å²) in [5.74, 6) is -0.486. The molecule has 0 aliphatic carbocycles. The van der Waals surface area contributed by atoms with Gasteiger partial charge in [0.15, 0.2) is 0 Å². The minimum atomic E-state index is -1.31. The summed E-state index contributed by atoms with van der Waals surface area (Å²) in [4.78, 5) is 52.8. The molecule has 1 unspecified atom stereocenters. The number of methoxy groups -OCH3 is 1. The average Bonchev–Trinajstić information content (AvgIpc) is 3.07. The molecule has 0 spiro atoms. The van der Waals surface area contributed by atoms with Crippen LogP contribution >= 0.6 is 0 Å². The van der Waals surface area contributed by atoms with E-state index in [-0.39, 0.29) is 5.91 Å². The van der Waals surface area contributed by atoms with Gasteiger partial charge in [0.2, 0.25) is 5.91 Å². The van der Waals surface area contributed by atoms with Crippen molar-refractivity contribution < 1.29 is 23.9 Å². The fourth-order valence-corrected chi connectivity index (χ4v) is 4.00. The molecule has 0 radical (unpaired) electrons. The fourth-order valence-electron chi connectivity index (χ4n) is 4.00. The number of fused-ring (bicyclic) bond motifs is 1. The maximum atomic E-state index is 13.2. The predicted octanol–water partition coefficient (Wildman–Crippen LogP) is 2.96. The first-order valence-electron chi connectivity index (χ1n) is 11.0. The van der Waals surface area contributed by atoms with Crippen LogP contribution in [0.1, 0.15) is 22.8 Å². The second kappa shape index (κ2) is 9.09. The predicted molar refractivity (Wildman–Crippen MR) is 131 cm³/mol. The molecule has 9 nitrogen and oxygen atoms in total. The maximum absolute atomic E-state index is 13.2. The van der Waals surface area contributed by atoms with Gasteiger partial charge in [-0.2, -0.15) is 0 Å². The van der Waals surface area contributed by atoms with Gasteiger partial charge in [-0.05, 0) is 65.7 Å². The first-order chi connectivity index (χ1) is 16.6. The van der Waals surface area contributed by atoms with Crippen molar-refractivity contribution in [2.24, 2.45) is 0 Å². The number of anilines is 1. The third-order valence-corrected chi connectivity index (χ3v) is 6.02. The first-order valence-corrected chi connectivity index (χ1v) is 11.0. The molecule has 0 saturated carbocycles. The summed E-state index contributed by atoms with van der Waals surface area (Å²) in [7, 11) is 4.90. The summed E-state index contributed by atoms with van der Waals surface area (Å²) in [6, 6.07) is 16.8. The lowest BCUT2D eigenvalue weighted by atomic mass is 9.90. The van der Waals surface area contributed by atoms with Crippen LogP contribution in [-0.2, 0) is 15.1 Å². The number of imide groups is 1. The van der Waals surface area contributed by atoms with Crippen LogP contribution < -0.4 is 15.4 Å². The Labute approximate surface area is 202 Å². The van der Waals surface area contributed by atoms with Gasteiger partial charge in [0, 0.05) is 25.3 Å². The largest absolute Gasteiger partial charge is 0.497 e. The van der Waals surface area contributed by atoms with Gasteiger partial charge in [0.05, 0.1) is 7.11 Å². The third-order valence-electron chi connectivity index (χ3n) is 6.02. The second-order valence-corrected chi connectivity index (χ2v) is 8.70. The van der Waals surface area contributed by atoms with Crippen molar-refractivity contribution in [2.75, 3.05) is 33.1 Å². The van der Waals surface area contributed by atoms with Crippen molar-refractivity contribution in [2.45, 2.75) is 12.5 Å². The monoisotopic (exact) mass is 474 g/mol. The Morgan fingerprint density at radius 3 is 2.31 bits per heavy atom. The molecular formula is C26H26N4O5. The highest BCUT2D eigenvalue weighted by Gasteiger charge is 2.49. The van der Waals surface area contributed by atoms with Crippen molar-refractivity contribution in [3.8, 4) is 5.75 Å². The van der Waals surface area contributed by atoms with Gasteiger partial charge in [-0.25, -0.2) is 4.79 Å². The van der Waals surface area contributed by atoms with Gasteiger partial charge >= 0.3 is 6.03 Å². The number of benzene rings is 3. The Morgan fingerprint density at radius 2 is 1.66 bits per heavy atom. The van der Waals surface area contributed by atoms with Crippen molar-refractivity contribution in [1.82, 2.24) is 15.1 Å². The van der Waals surface area contributed by atoms with E-state index >= 15 is 0 Å². The molecule has 1 fully saturated rings. The summed E-state index contributed by atoms with van der Waals surface area (Å²) in [5.41, 5.74) is 0.231. The Hall–Kier alpha value is -4.40. The standard InChI is InChI=1S/C26H26N4O5/c1-26(19-9-5-18-14-21(35-4)12-8-17(18)13-19)24(33)30(25(34)28-26)15-22(31)27-20-10-6-16(7-11-20)23(32)29(2)3/h5-14H,15H2,1-4H3,(H,27,31)(H,28,34). The average molecular weight is 475 g/mol. The van der Waals surface area contributed by atoms with Crippen LogP contribution in [0.2, 0.25) is 0 Å². The number of carbonyl (C=O) groups is 4. The molecule has 5 amide bonds. The lowest BCUT2D eigenvalue weighted by Crippen LogP contribution is -2.42. The van der Waals surface area contributed by atoms with Gasteiger partial charge in [0.25, 0.3) is 11.8 Å². The summed E-state index contributed by atoms with van der Waals surface area (Å²) >= 11 is 0. The lowest BCUT2D eigenvalue weighted by Gasteiger charge is -2.22. The second-order valence-electron chi connectivity index (χ2n) is 8.70. The van der Waals surface area contributed by atoms with Crippen LogP contribution in [-0.4, -0.2) is 61.3 Å². The highest BCUT2D eigenvalue weighted by molar-refractivity contribution is 6.10. The highest BCUT2D eigenvalue weighted by atomic mass is 16.5. The van der Waals surface area contributed by atoms with E-state index in [1.54, 1.807) is 58.5 Å². The van der Waals surface area contributed by atoms with Crippen LogP contribution in [0.15, 0.2) is 60.7 Å². The topological polar surface area (TPSA) is 108 Å². The number of hydrogen-bond donors (Lipinski definition) is 2. The molecule has 1 aliphatic rings. The highest BCUT2D eigenvalue weighted by Crippen LogP contribution is 2.32. The number of nitrogens with one attached hydrogen (secondary N) is 2. The molecule has 1 heterocycles. The van der Waals surface area contributed by atoms with Crippen LogP contribution in [0, 0.1) is 0 Å². The third kappa shape index (κ3) is 4.52. The van der Waals surface area contributed by atoms with Gasteiger partial charge in [-0.1, -0.05) is 18.2 Å². The van der Waals surface area contributed by atoms with E-state index in [0.717, 1.165) is 21.4 Å². The zero-order chi connectivity index (χ0) is 25.3. The number of hydrogen-bond acceptors (Lipinski definition) is 5. The van der Waals surface area contributed by atoms with E-state index in [1.165, 1.54) is 4.90 Å². The molecule has 0 bridgehead atoms. The van der Waals surface area contributed by atoms with E-state index in [1.807, 2.05) is 30.3 Å². The van der Waals surface area contributed by atoms with E-state index in [4.69, 9.17) is 4.74 Å². The molecule has 35 heavy (non-hydrogen) atoms. The summed E-state index contributed by atoms with van der Waals surface area (Å²) in [6.45, 7) is 1.18. The Kier molecular flexibility index (Phi) is 6.17. The van der Waals surface area contributed by atoms with Crippen LogP contribution in [0.25, 0.3) is 10.8 Å². The number of urea groups is 1. The Bertz CT molecular complexity index is 1340. The molecule has 180 valence electrons. The van der Waals surface area contributed by atoms with Gasteiger partial charge < -0.3 is 20.3 Å². The maximum Gasteiger partial charge on any atom is 0.325 e. The van der Waals surface area contributed by atoms with Crippen molar-refractivity contribution >= 4 is 40.2 Å². The molecule has 4 rings (SSSR count). The fraction of sp³-hybridized carbons (Fsp3) is 0.231. The van der Waals surface area contributed by atoms with Crippen LogP contribution in [0.4, 0.5) is 10.5 Å². The number of rotatable bonds is 6. The summed E-state index contributed by atoms with van der Waals surface area (Å²) < 4.78 is 5.25. The van der Waals surface area contributed by atoms with Gasteiger partial charge in [0.1, 0.15) is 17.8 Å². The SMILES string of the molecule is COc1ccc2cc(C3(C)NC(=O)N(CC(=O)Nc4ccc(C(=O)N(C)C)cc4)C3=O)ccc2c1. The van der Waals surface area contributed by atoms with Crippen LogP contribution in [0.3, 0.4) is 0 Å². The smallest absolute Gasteiger partial charge is 0.325 e. The molecule has 2 N–H and O–H groups in total. The van der Waals surface area contributed by atoms with Gasteiger partial charge in [-0.3, -0.25) is 19.3 Å². The molecular weight excluding hydrogens is 448 g/mol. The quantitative estimate of drug-likeness (QED) is 0.534. The van der Waals surface area contributed by atoms with Crippen molar-refractivity contribution in [3.05, 3.63) is 71.8 Å². The number of ether oxygens (including phenoxy) is 1. The summed E-state index contributed by atoms with van der Waals surface area (Å²) in [6.07, 6.45) is 0. The zero-order valence-electron chi connectivity index (χ0n) is 19.9. The van der Waals surface area contributed by atoms with E-state index < -0.39 is 29.9 Å². The molecule has 3 aromatic carbocycles. The Morgan fingerprint density at radius 1 is 1.00 bits per heavy atom. The molecule has 1 aliphatic heterocycles. The molecule has 9 heteroatoms. The normalized spacial score (nSPS) is 17.3. The Balaban J connectivity index is 1.48. The van der Waals surface area contributed by atoms with Crippen molar-refractivity contribution in [1.29, 1.82) is 0 Å². The molecule has 0 aromatic heterocycles. The van der Waals surface area contributed by atoms with Crippen molar-refractivity contribution in [3.63, 3.8) is 0 Å².